The maximum Gasteiger partial charge on any atom is 0.362 e. The lowest BCUT2D eigenvalue weighted by Crippen LogP contribution is -2.00. The fraction of sp³-hybridized carbons (Fsp3) is 0. The van der Waals surface area contributed by atoms with E-state index in [0.717, 1.165) is 21.9 Å². The van der Waals surface area contributed by atoms with E-state index in [1.807, 2.05) is 60.7 Å². The van der Waals surface area contributed by atoms with Crippen molar-refractivity contribution in [3.05, 3.63) is 83.6 Å². The van der Waals surface area contributed by atoms with E-state index in [0.29, 0.717) is 5.75 Å². The van der Waals surface area contributed by atoms with Crippen LogP contribution in [0.4, 0.5) is 0 Å². The summed E-state index contributed by atoms with van der Waals surface area (Å²) in [6, 6.07) is 21.0. The monoisotopic (exact) mass is 355 g/mol. The molecular weight excluding hydrogens is 342 g/mol. The van der Waals surface area contributed by atoms with Gasteiger partial charge in [-0.3, -0.25) is 0 Å². The summed E-state index contributed by atoms with van der Waals surface area (Å²) >= 11 is 0. The Morgan fingerprint density at radius 1 is 1.00 bits per heavy atom. The predicted molar refractivity (Wildman–Crippen MR) is 99.8 cm³/mol. The zero-order chi connectivity index (χ0) is 18.6. The molecule has 0 radical (unpaired) electrons. The lowest BCUT2D eigenvalue weighted by atomic mass is 10.0. The van der Waals surface area contributed by atoms with Gasteiger partial charge in [-0.15, -0.1) is 5.10 Å². The molecule has 0 atom stereocenters. The van der Waals surface area contributed by atoms with Gasteiger partial charge in [0.25, 0.3) is 5.88 Å². The summed E-state index contributed by atoms with van der Waals surface area (Å²) in [7, 11) is 0. The van der Waals surface area contributed by atoms with Crippen LogP contribution in [0.3, 0.4) is 0 Å². The first-order valence-corrected chi connectivity index (χ1v) is 8.13. The largest absolute Gasteiger partial charge is 0.476 e. The number of nitrogens with one attached hydrogen (secondary N) is 1. The maximum atomic E-state index is 11.2. The molecule has 0 aliphatic rings. The second-order valence-electron chi connectivity index (χ2n) is 5.70. The molecule has 0 aliphatic heterocycles. The van der Waals surface area contributed by atoms with E-state index in [1.54, 1.807) is 6.07 Å². The second-order valence-corrected chi connectivity index (χ2v) is 5.70. The number of aromatic nitrogens is 3. The average Bonchev–Trinajstić information content (AvgIpc) is 3.15. The molecule has 4 aromatic rings. The van der Waals surface area contributed by atoms with Gasteiger partial charge >= 0.3 is 5.97 Å². The molecule has 0 unspecified atom stereocenters. The van der Waals surface area contributed by atoms with Crippen LogP contribution in [0.5, 0.6) is 11.6 Å². The first-order valence-electron chi connectivity index (χ1n) is 8.13. The van der Waals surface area contributed by atoms with Crippen molar-refractivity contribution in [2.45, 2.75) is 0 Å². The smallest absolute Gasteiger partial charge is 0.362 e. The van der Waals surface area contributed by atoms with Crippen LogP contribution in [0, 0.1) is 11.8 Å². The molecule has 0 saturated carbocycles. The highest BCUT2D eigenvalue weighted by molar-refractivity contribution is 5.90. The number of carbonyl (C=O) groups is 1. The Balaban J connectivity index is 1.78. The summed E-state index contributed by atoms with van der Waals surface area (Å²) in [6.45, 7) is 0. The van der Waals surface area contributed by atoms with Crippen molar-refractivity contribution in [2.24, 2.45) is 0 Å². The Morgan fingerprint density at radius 3 is 2.59 bits per heavy atom. The fourth-order valence-corrected chi connectivity index (χ4v) is 2.65. The third-order valence-electron chi connectivity index (χ3n) is 3.89. The van der Waals surface area contributed by atoms with Crippen LogP contribution in [-0.4, -0.2) is 26.5 Å². The summed E-state index contributed by atoms with van der Waals surface area (Å²) in [5.74, 6) is 5.51. The molecule has 1 heterocycles. The minimum absolute atomic E-state index is 0.0280. The summed E-state index contributed by atoms with van der Waals surface area (Å²) in [6.07, 6.45) is 0. The number of carboxylic acid groups (broad SMARTS) is 1. The lowest BCUT2D eigenvalue weighted by Gasteiger charge is -2.07. The molecule has 1 aromatic heterocycles. The van der Waals surface area contributed by atoms with Gasteiger partial charge in [0.2, 0.25) is 5.69 Å². The van der Waals surface area contributed by atoms with Gasteiger partial charge in [-0.25, -0.2) is 9.89 Å². The van der Waals surface area contributed by atoms with Gasteiger partial charge in [-0.2, -0.15) is 0 Å². The van der Waals surface area contributed by atoms with Crippen LogP contribution in [-0.2, 0) is 0 Å². The van der Waals surface area contributed by atoms with Crippen LogP contribution in [0.1, 0.15) is 21.6 Å². The van der Waals surface area contributed by atoms with Gasteiger partial charge < -0.3 is 9.84 Å². The first kappa shape index (κ1) is 16.4. The number of H-pyrrole nitrogens is 1. The molecule has 130 valence electrons. The van der Waals surface area contributed by atoms with Crippen LogP contribution >= 0.6 is 0 Å². The van der Waals surface area contributed by atoms with Crippen molar-refractivity contribution in [3.8, 4) is 23.5 Å². The van der Waals surface area contributed by atoms with E-state index in [9.17, 15) is 4.79 Å². The highest BCUT2D eigenvalue weighted by atomic mass is 16.5. The van der Waals surface area contributed by atoms with Gasteiger partial charge in [0, 0.05) is 11.1 Å². The van der Waals surface area contributed by atoms with Gasteiger partial charge in [0.05, 0.1) is 0 Å². The zero-order valence-corrected chi connectivity index (χ0v) is 14.0. The fourth-order valence-electron chi connectivity index (χ4n) is 2.65. The molecule has 2 N–H and O–H groups in total. The third kappa shape index (κ3) is 3.48. The van der Waals surface area contributed by atoms with Crippen molar-refractivity contribution in [3.63, 3.8) is 0 Å². The Bertz CT molecular complexity index is 1190. The number of rotatable bonds is 3. The average molecular weight is 355 g/mol. The summed E-state index contributed by atoms with van der Waals surface area (Å²) in [5, 5.41) is 20.5. The number of hydrogen-bond donors (Lipinski definition) is 2. The van der Waals surface area contributed by atoms with Crippen LogP contribution in [0.2, 0.25) is 0 Å². The third-order valence-corrected chi connectivity index (χ3v) is 3.89. The standard InChI is InChI=1S/C21H13N3O3/c25-21(26)19-20(23-24-22-19)27-17-12-15-8-4-5-9-18(15)16(13-17)11-10-14-6-2-1-3-7-14/h1-9,12-13H,(H,25,26)(H,22,23,24). The predicted octanol–water partition coefficient (Wildman–Crippen LogP) is 3.85. The van der Waals surface area contributed by atoms with Gasteiger partial charge in [-0.05, 0) is 35.0 Å². The minimum Gasteiger partial charge on any atom is -0.476 e. The minimum atomic E-state index is -1.22. The number of fused-ring (bicyclic) bond motifs is 1. The molecule has 3 aromatic carbocycles. The summed E-state index contributed by atoms with van der Waals surface area (Å²) < 4.78 is 5.68. The maximum absolute atomic E-state index is 11.2. The molecule has 27 heavy (non-hydrogen) atoms. The topological polar surface area (TPSA) is 88.1 Å². The lowest BCUT2D eigenvalue weighted by molar-refractivity contribution is 0.0687. The second kappa shape index (κ2) is 7.02. The zero-order valence-electron chi connectivity index (χ0n) is 14.0. The van der Waals surface area contributed by atoms with Crippen LogP contribution < -0.4 is 4.74 Å². The van der Waals surface area contributed by atoms with Crippen LogP contribution in [0.15, 0.2) is 66.7 Å². The number of benzene rings is 3. The highest BCUT2D eigenvalue weighted by Crippen LogP contribution is 2.28. The number of nitrogens with zero attached hydrogens (tertiary/aromatic N) is 2. The molecule has 6 nitrogen and oxygen atoms in total. The number of aromatic amines is 1. The Kier molecular flexibility index (Phi) is 4.25. The molecule has 0 saturated heterocycles. The molecule has 4 rings (SSSR count). The van der Waals surface area contributed by atoms with E-state index >= 15 is 0 Å². The van der Waals surface area contributed by atoms with E-state index < -0.39 is 5.97 Å². The van der Waals surface area contributed by atoms with E-state index in [4.69, 9.17) is 9.84 Å². The molecule has 0 aliphatic carbocycles. The molecule has 0 spiro atoms. The van der Waals surface area contributed by atoms with Gasteiger partial charge in [-0.1, -0.05) is 59.5 Å². The number of carboxylic acids is 1. The summed E-state index contributed by atoms with van der Waals surface area (Å²) in [5.41, 5.74) is 1.40. The van der Waals surface area contributed by atoms with Crippen molar-refractivity contribution in [2.75, 3.05) is 0 Å². The first-order chi connectivity index (χ1) is 13.2. The summed E-state index contributed by atoms with van der Waals surface area (Å²) in [4.78, 5) is 11.2. The van der Waals surface area contributed by atoms with Crippen LogP contribution in [0.25, 0.3) is 10.8 Å². The van der Waals surface area contributed by atoms with Gasteiger partial charge in [0.15, 0.2) is 0 Å². The molecule has 0 fully saturated rings. The van der Waals surface area contributed by atoms with E-state index in [-0.39, 0.29) is 11.6 Å². The number of aromatic carboxylic acids is 1. The Morgan fingerprint density at radius 2 is 1.78 bits per heavy atom. The van der Waals surface area contributed by atoms with Crippen molar-refractivity contribution in [1.82, 2.24) is 15.4 Å². The highest BCUT2D eigenvalue weighted by Gasteiger charge is 2.17. The van der Waals surface area contributed by atoms with Gasteiger partial charge in [0.1, 0.15) is 5.75 Å². The normalized spacial score (nSPS) is 10.2. The van der Waals surface area contributed by atoms with E-state index in [1.165, 1.54) is 0 Å². The van der Waals surface area contributed by atoms with E-state index in [2.05, 4.69) is 27.3 Å². The molecule has 6 heteroatoms. The Labute approximate surface area is 154 Å². The van der Waals surface area contributed by atoms with Crippen molar-refractivity contribution >= 4 is 16.7 Å². The molecule has 0 bridgehead atoms. The number of hydrogen-bond acceptors (Lipinski definition) is 4. The SMILES string of the molecule is O=C(O)c1nn[nH]c1Oc1cc(C#Cc2ccccc2)c2ccccc2c1. The molecular formula is C21H13N3O3. The molecule has 0 amide bonds. The Hall–Kier alpha value is -4.11. The van der Waals surface area contributed by atoms with Crippen molar-refractivity contribution < 1.29 is 14.6 Å². The number of ether oxygens (including phenoxy) is 1. The quantitative estimate of drug-likeness (QED) is 0.545. The van der Waals surface area contributed by atoms with Crippen molar-refractivity contribution in [1.29, 1.82) is 0 Å².